The monoisotopic (exact) mass is 934 g/mol. The van der Waals surface area contributed by atoms with Crippen LogP contribution in [0.4, 0.5) is 0 Å². The number of esters is 1. The number of hydrogen-bond acceptors (Lipinski definition) is 12. The Hall–Kier alpha value is -1.57. The minimum Gasteiger partial charge on any atom is -0.744 e. The Labute approximate surface area is 413 Å². The van der Waals surface area contributed by atoms with E-state index in [1.807, 2.05) is 13.8 Å². The summed E-state index contributed by atoms with van der Waals surface area (Å²) in [4.78, 5) is 45.4. The summed E-state index contributed by atoms with van der Waals surface area (Å²) < 4.78 is 68.6. The maximum Gasteiger partial charge on any atom is 1.00 e. The van der Waals surface area contributed by atoms with E-state index in [-0.39, 0.29) is 116 Å². The molecular weight excluding hydrogens is 870 g/mol. The third-order valence-corrected chi connectivity index (χ3v) is 10.9. The molecule has 336 valence electrons. The molecule has 0 heterocycles. The van der Waals surface area contributed by atoms with Crippen LogP contribution in [0, 0.1) is 11.8 Å². The zero-order chi connectivity index (χ0) is 44.7. The molecule has 0 aliphatic rings. The number of unbranched alkanes of at least 4 members (excludes halogenated alkanes) is 10. The predicted molar refractivity (Wildman–Crippen MR) is 226 cm³/mol. The van der Waals surface area contributed by atoms with E-state index in [4.69, 9.17) is 21.4 Å². The second-order valence-corrected chi connectivity index (χ2v) is 17.6. The van der Waals surface area contributed by atoms with Gasteiger partial charge in [-0.2, -0.15) is 0 Å². The Morgan fingerprint density at radius 2 is 0.984 bits per heavy atom. The number of ether oxygens (including phenoxy) is 1. The van der Waals surface area contributed by atoms with Gasteiger partial charge in [0.25, 0.3) is 0 Å². The molecule has 2 amide bonds. The number of amides is 2. The van der Waals surface area contributed by atoms with Crippen LogP contribution in [0.25, 0.3) is 0 Å². The minimum atomic E-state index is -4.51. The summed E-state index contributed by atoms with van der Waals surface area (Å²) in [6.07, 6.45) is 16.9. The fraction of sp³-hybridized carbons (Fsp3) is 0.619. The summed E-state index contributed by atoms with van der Waals surface area (Å²) in [7, 11) is -8.89. The summed E-state index contributed by atoms with van der Waals surface area (Å²) in [5, 5.41) is 14.3. The molecule has 19 heteroatoms. The second kappa shape index (κ2) is 37.8. The van der Waals surface area contributed by atoms with Gasteiger partial charge in [-0.3, -0.25) is 19.2 Å². The maximum absolute atomic E-state index is 12.0. The van der Waals surface area contributed by atoms with Gasteiger partial charge >= 0.3 is 65.1 Å². The quantitative estimate of drug-likeness (QED) is 0.0292. The summed E-state index contributed by atoms with van der Waals surface area (Å²) >= 11 is 5.24. The Morgan fingerprint density at radius 1 is 0.607 bits per heavy atom. The number of halogens is 1. The van der Waals surface area contributed by atoms with Crippen molar-refractivity contribution < 1.29 is 114 Å². The van der Waals surface area contributed by atoms with E-state index >= 15 is 0 Å². The fourth-order valence-electron chi connectivity index (χ4n) is 5.39. The Bertz CT molecular complexity index is 1720. The molecule has 2 atom stereocenters. The second-order valence-electron chi connectivity index (χ2n) is 14.4. The molecule has 2 unspecified atom stereocenters. The van der Waals surface area contributed by atoms with Crippen molar-refractivity contribution in [2.45, 2.75) is 153 Å². The Morgan fingerprint density at radius 3 is 1.36 bits per heavy atom. The van der Waals surface area contributed by atoms with E-state index < -0.39 is 26.2 Å². The van der Waals surface area contributed by atoms with E-state index in [1.165, 1.54) is 50.7 Å². The number of rotatable bonds is 27. The first-order chi connectivity index (χ1) is 27.8. The first-order valence-electron chi connectivity index (χ1n) is 20.6. The summed E-state index contributed by atoms with van der Waals surface area (Å²) in [5.74, 6) is 0.0907. The van der Waals surface area contributed by atoms with Crippen LogP contribution in [-0.2, 0) is 39.4 Å². The summed E-state index contributed by atoms with van der Waals surface area (Å²) in [5.41, 5.74) is 0. The molecule has 14 nitrogen and oxygen atoms in total. The fourth-order valence-corrected chi connectivity index (χ4v) is 6.47. The molecular formula is C42H65ClN2Na2O12S2. The molecule has 0 aliphatic heterocycles. The van der Waals surface area contributed by atoms with Crippen LogP contribution >= 0.6 is 11.6 Å². The van der Waals surface area contributed by atoms with Gasteiger partial charge in [0.05, 0.1) is 9.79 Å². The standard InChI is InChI=1S/C21H33NO6S.C15H28ClNO2.C6H6O4S.2Na/c1-3-4-5-7-10-17(2)21(24)22-16-9-6-8-11-20(23)28-18-12-14-19(15-13-18)29(25,26)27;1-3-4-5-7-10-13(2)15(19)17-12-9-6-8-11-14(16)18;7-5-1-3-6(4-2-5)11(8,9)10;;/h12-15,17H,3-11,16H2,1-2H3,(H,22,24)(H,25,26,27);13H,3-12H2,1-2H3,(H,17,19);1-4,7H,(H,8,9,10);;/q;;;2*+1/p-2. The van der Waals surface area contributed by atoms with E-state index in [0.717, 1.165) is 94.2 Å². The minimum absolute atomic E-state index is 0. The first kappa shape index (κ1) is 63.7. The Balaban J connectivity index is -0.000000902. The number of hydrogen-bond donors (Lipinski definition) is 3. The van der Waals surface area contributed by atoms with Gasteiger partial charge in [-0.05, 0) is 98.7 Å². The molecule has 0 spiro atoms. The number of carbonyl (C=O) groups excluding carboxylic acids is 4. The van der Waals surface area contributed by atoms with Gasteiger partial charge in [-0.15, -0.1) is 0 Å². The molecule has 0 aliphatic carbocycles. The average Bonchev–Trinajstić information content (AvgIpc) is 3.17. The van der Waals surface area contributed by atoms with Crippen LogP contribution in [0.5, 0.6) is 11.5 Å². The number of benzene rings is 2. The van der Waals surface area contributed by atoms with Crippen molar-refractivity contribution in [3.8, 4) is 11.5 Å². The van der Waals surface area contributed by atoms with Crippen LogP contribution in [0.1, 0.15) is 143 Å². The van der Waals surface area contributed by atoms with Crippen LogP contribution < -0.4 is 74.5 Å². The van der Waals surface area contributed by atoms with Gasteiger partial charge in [0.2, 0.25) is 17.1 Å². The van der Waals surface area contributed by atoms with Crippen molar-refractivity contribution in [2.75, 3.05) is 13.1 Å². The number of carbonyl (C=O) groups is 4. The van der Waals surface area contributed by atoms with Crippen LogP contribution in [0.2, 0.25) is 0 Å². The van der Waals surface area contributed by atoms with Gasteiger partial charge in [-0.1, -0.05) is 91.9 Å². The maximum atomic E-state index is 12.0. The van der Waals surface area contributed by atoms with Crippen molar-refractivity contribution >= 4 is 54.9 Å². The van der Waals surface area contributed by atoms with Crippen LogP contribution in [0.15, 0.2) is 58.3 Å². The molecule has 0 fully saturated rings. The third-order valence-electron chi connectivity index (χ3n) is 9.05. The van der Waals surface area contributed by atoms with Gasteiger partial charge < -0.3 is 29.6 Å². The molecule has 0 radical (unpaired) electrons. The number of phenolic OH excluding ortho intramolecular Hbond substituents is 1. The molecule has 0 aromatic heterocycles. The zero-order valence-corrected chi connectivity index (χ0v) is 43.4. The van der Waals surface area contributed by atoms with Crippen molar-refractivity contribution in [2.24, 2.45) is 11.8 Å². The molecule has 0 saturated heterocycles. The van der Waals surface area contributed by atoms with Crippen molar-refractivity contribution in [3.05, 3.63) is 48.5 Å². The molecule has 0 bridgehead atoms. The van der Waals surface area contributed by atoms with Crippen LogP contribution in [-0.4, -0.2) is 67.2 Å². The van der Waals surface area contributed by atoms with E-state index in [2.05, 4.69) is 24.5 Å². The van der Waals surface area contributed by atoms with Crippen molar-refractivity contribution in [3.63, 3.8) is 0 Å². The third kappa shape index (κ3) is 35.5. The number of phenols is 1. The molecule has 3 N–H and O–H groups in total. The predicted octanol–water partition coefficient (Wildman–Crippen LogP) is 2.12. The topological polar surface area (TPSA) is 236 Å². The molecule has 2 aromatic rings. The zero-order valence-electron chi connectivity index (χ0n) is 37.0. The average molecular weight is 936 g/mol. The molecule has 2 aromatic carbocycles. The Kier molecular flexibility index (Phi) is 39.5. The van der Waals surface area contributed by atoms with Gasteiger partial charge in [0.1, 0.15) is 31.7 Å². The number of aromatic hydroxyl groups is 1. The van der Waals surface area contributed by atoms with Crippen molar-refractivity contribution in [1.82, 2.24) is 10.6 Å². The molecule has 61 heavy (non-hydrogen) atoms. The SMILES string of the molecule is CCCCCCC(C)C(=O)NCCCCCC(=O)Cl.CCCCCCC(C)C(=O)NCCCCCC(=O)Oc1ccc(S(=O)(=O)[O-])cc1.O=S(=O)([O-])c1ccc(O)cc1.[Na+].[Na+]. The van der Waals surface area contributed by atoms with Gasteiger partial charge in [0, 0.05) is 37.8 Å². The van der Waals surface area contributed by atoms with E-state index in [0.29, 0.717) is 25.9 Å². The smallest absolute Gasteiger partial charge is 0.744 e. The molecule has 2 rings (SSSR count). The van der Waals surface area contributed by atoms with Crippen molar-refractivity contribution in [1.29, 1.82) is 0 Å². The first-order valence-corrected chi connectivity index (χ1v) is 23.8. The summed E-state index contributed by atoms with van der Waals surface area (Å²) in [6, 6.07) is 9.17. The van der Waals surface area contributed by atoms with E-state index in [9.17, 15) is 45.1 Å². The van der Waals surface area contributed by atoms with Gasteiger partial charge in [-0.25, -0.2) is 16.8 Å². The summed E-state index contributed by atoms with van der Waals surface area (Å²) in [6.45, 7) is 9.60. The number of nitrogens with one attached hydrogen (secondary N) is 2. The van der Waals surface area contributed by atoms with E-state index in [1.54, 1.807) is 0 Å². The largest absolute Gasteiger partial charge is 1.00 e. The normalized spacial score (nSPS) is 11.7. The van der Waals surface area contributed by atoms with Gasteiger partial charge in [0.15, 0.2) is 0 Å². The molecule has 0 saturated carbocycles. The van der Waals surface area contributed by atoms with Crippen LogP contribution in [0.3, 0.4) is 0 Å².